The number of aliphatic hydroxyl groups is 3. The molecule has 220 valence electrons. The maximum absolute atomic E-state index is 14.0. The fraction of sp³-hybridized carbons (Fsp3) is 0.429. The number of nitrogens with zero attached hydrogens (tertiary/aromatic N) is 2. The number of carbonyl (C=O) groups excluding carboxylic acids is 4. The minimum atomic E-state index is -2.74. The zero-order chi connectivity index (χ0) is 30.5. The molecule has 0 aromatic heterocycles. The van der Waals surface area contributed by atoms with E-state index in [1.54, 1.807) is 25.1 Å². The highest BCUT2D eigenvalue weighted by Gasteiger charge is 2.64. The van der Waals surface area contributed by atoms with Crippen molar-refractivity contribution in [3.05, 3.63) is 46.8 Å². The maximum atomic E-state index is 14.0. The van der Waals surface area contributed by atoms with E-state index in [4.69, 9.17) is 10.5 Å². The van der Waals surface area contributed by atoms with Crippen molar-refractivity contribution in [3.63, 3.8) is 0 Å². The molecule has 0 unspecified atom stereocenters. The summed E-state index contributed by atoms with van der Waals surface area (Å²) in [4.78, 5) is 54.8. The van der Waals surface area contributed by atoms with Crippen LogP contribution in [-0.2, 0) is 25.5 Å². The molecule has 0 heterocycles. The molecule has 1 saturated carbocycles. The van der Waals surface area contributed by atoms with Crippen LogP contribution < -0.4 is 16.0 Å². The molecule has 1 fully saturated rings. The monoisotopic (exact) mass is 570 g/mol. The molecule has 7 N–H and O–H groups in total. The Bertz CT molecular complexity index is 1430. The molecule has 2 amide bonds. The second-order valence-corrected chi connectivity index (χ2v) is 10.8. The highest BCUT2D eigenvalue weighted by Crippen LogP contribution is 2.54. The van der Waals surface area contributed by atoms with E-state index in [0.717, 1.165) is 0 Å². The van der Waals surface area contributed by atoms with E-state index < -0.39 is 69.9 Å². The van der Waals surface area contributed by atoms with E-state index in [9.17, 15) is 39.6 Å². The average molecular weight is 571 g/mol. The first-order valence-corrected chi connectivity index (χ1v) is 12.9. The molecule has 41 heavy (non-hydrogen) atoms. The molecule has 3 aliphatic carbocycles. The number of nitrogens with one attached hydrogen (secondary N) is 1. The molecular formula is C28H34N4O9. The van der Waals surface area contributed by atoms with Gasteiger partial charge in [0.05, 0.1) is 23.9 Å². The standard InChI is InChI=1S/C28H34N4O9/c1-6-7-8-41-27(39)30-15-11-16(31(2)3)13-9-12-10-14-20(32(4)5)23(35)19(26(29)38)25(37)28(14,40)24(36)17(12)22(34)18(13)21(15)33/h6,11-12,14,20,33-34,37,40H,1,7-10H2,2-5H3,(H2,29,38)(H,30,39)/t12-,14+,20+,28+/m1/s1. The van der Waals surface area contributed by atoms with E-state index in [1.807, 2.05) is 0 Å². The van der Waals surface area contributed by atoms with Crippen LogP contribution in [0.1, 0.15) is 24.0 Å². The van der Waals surface area contributed by atoms with Crippen molar-refractivity contribution in [2.45, 2.75) is 30.9 Å². The van der Waals surface area contributed by atoms with Crippen LogP contribution in [0.5, 0.6) is 5.75 Å². The third-order valence-corrected chi connectivity index (χ3v) is 7.97. The molecule has 0 saturated heterocycles. The molecule has 1 aromatic carbocycles. The summed E-state index contributed by atoms with van der Waals surface area (Å²) in [6.07, 6.45) is 1.19. The Balaban J connectivity index is 1.90. The second kappa shape index (κ2) is 10.6. The number of amides is 2. The van der Waals surface area contributed by atoms with Gasteiger partial charge in [-0.2, -0.15) is 0 Å². The number of hydrogen-bond acceptors (Lipinski definition) is 11. The summed E-state index contributed by atoms with van der Waals surface area (Å²) in [5.74, 6) is -7.52. The predicted octanol–water partition coefficient (Wildman–Crippen LogP) is 1.15. The van der Waals surface area contributed by atoms with E-state index in [-0.39, 0.29) is 36.3 Å². The largest absolute Gasteiger partial charge is 0.508 e. The zero-order valence-corrected chi connectivity index (χ0v) is 23.2. The number of ether oxygens (including phenoxy) is 1. The molecule has 3 aliphatic rings. The van der Waals surface area contributed by atoms with E-state index in [2.05, 4.69) is 11.9 Å². The summed E-state index contributed by atoms with van der Waals surface area (Å²) in [5, 5.41) is 47.8. The fourth-order valence-corrected chi connectivity index (χ4v) is 6.17. The lowest BCUT2D eigenvalue weighted by molar-refractivity contribution is -0.153. The van der Waals surface area contributed by atoms with Gasteiger partial charge in [0.2, 0.25) is 5.78 Å². The quantitative estimate of drug-likeness (QED) is 0.119. The molecule has 4 rings (SSSR count). The van der Waals surface area contributed by atoms with E-state index in [0.29, 0.717) is 17.7 Å². The first kappa shape index (κ1) is 29.6. The molecule has 0 bridgehead atoms. The molecule has 13 heteroatoms. The van der Waals surface area contributed by atoms with Crippen LogP contribution in [0.2, 0.25) is 0 Å². The number of rotatable bonds is 7. The normalized spacial score (nSPS) is 25.4. The van der Waals surface area contributed by atoms with Crippen molar-refractivity contribution < 1.29 is 44.3 Å². The number of aliphatic hydroxyl groups excluding tert-OH is 2. The molecule has 1 aromatic rings. The minimum absolute atomic E-state index is 0.0327. The van der Waals surface area contributed by atoms with Crippen molar-refractivity contribution in [1.29, 1.82) is 0 Å². The number of ketones is 2. The number of Topliss-reactive ketones (excluding diaryl/α,β-unsaturated/α-hetero) is 2. The number of carbonyl (C=O) groups is 4. The summed E-state index contributed by atoms with van der Waals surface area (Å²) in [5.41, 5.74) is 2.17. The maximum Gasteiger partial charge on any atom is 0.411 e. The van der Waals surface area contributed by atoms with Gasteiger partial charge >= 0.3 is 6.09 Å². The fourth-order valence-electron chi connectivity index (χ4n) is 6.17. The number of anilines is 2. The SMILES string of the molecule is C=CCCOC(=O)Nc1cc(N(C)C)c2c(c1O)C(O)=C1C(=O)[C@]3(O)C(O)=C(C(N)=O)C(=O)[C@@H](N(C)C)[C@@H]3C[C@H]1C2. The van der Waals surface area contributed by atoms with Crippen molar-refractivity contribution >= 4 is 40.7 Å². The number of nitrogens with two attached hydrogens (primary N) is 1. The van der Waals surface area contributed by atoms with Crippen LogP contribution in [0.4, 0.5) is 16.2 Å². The van der Waals surface area contributed by atoms with Crippen LogP contribution in [-0.4, -0.2) is 95.3 Å². The van der Waals surface area contributed by atoms with Gasteiger partial charge in [-0.05, 0) is 50.9 Å². The van der Waals surface area contributed by atoms with Gasteiger partial charge in [-0.15, -0.1) is 6.58 Å². The second-order valence-electron chi connectivity index (χ2n) is 10.8. The Morgan fingerprint density at radius 2 is 1.88 bits per heavy atom. The van der Waals surface area contributed by atoms with Gasteiger partial charge in [-0.3, -0.25) is 24.6 Å². The molecular weight excluding hydrogens is 536 g/mol. The summed E-state index contributed by atoms with van der Waals surface area (Å²) >= 11 is 0. The van der Waals surface area contributed by atoms with Crippen LogP contribution in [0.25, 0.3) is 5.76 Å². The first-order valence-electron chi connectivity index (χ1n) is 12.9. The number of aromatic hydroxyl groups is 1. The number of phenolic OH excluding ortho intramolecular Hbond substituents is 1. The van der Waals surface area contributed by atoms with Crippen LogP contribution in [0.15, 0.2) is 35.6 Å². The van der Waals surface area contributed by atoms with Crippen molar-refractivity contribution in [1.82, 2.24) is 4.90 Å². The van der Waals surface area contributed by atoms with E-state index >= 15 is 0 Å². The lowest BCUT2D eigenvalue weighted by atomic mass is 9.57. The Morgan fingerprint density at radius 3 is 2.44 bits per heavy atom. The summed E-state index contributed by atoms with van der Waals surface area (Å²) in [6.45, 7) is 3.60. The number of likely N-dealkylation sites (N-methyl/N-ethyl adjacent to an activating group) is 1. The highest BCUT2D eigenvalue weighted by molar-refractivity contribution is 6.24. The number of primary amides is 1. The van der Waals surface area contributed by atoms with Crippen molar-refractivity contribution in [3.8, 4) is 5.75 Å². The van der Waals surface area contributed by atoms with Crippen molar-refractivity contribution in [2.75, 3.05) is 45.0 Å². The molecule has 0 aliphatic heterocycles. The van der Waals surface area contributed by atoms with Crippen molar-refractivity contribution in [2.24, 2.45) is 17.6 Å². The molecule has 4 atom stereocenters. The van der Waals surface area contributed by atoms with Gasteiger partial charge in [0.1, 0.15) is 17.1 Å². The third kappa shape index (κ3) is 4.50. The molecule has 0 radical (unpaired) electrons. The lowest BCUT2D eigenvalue weighted by Gasteiger charge is -2.50. The average Bonchev–Trinajstić information content (AvgIpc) is 2.87. The van der Waals surface area contributed by atoms with Gasteiger partial charge in [0.25, 0.3) is 5.91 Å². The van der Waals surface area contributed by atoms with Crippen LogP contribution in [0.3, 0.4) is 0 Å². The molecule has 13 nitrogen and oxygen atoms in total. The number of fused-ring (bicyclic) bond motifs is 3. The number of hydrogen-bond donors (Lipinski definition) is 6. The third-order valence-electron chi connectivity index (χ3n) is 7.97. The Kier molecular flexibility index (Phi) is 7.63. The Hall–Kier alpha value is -4.36. The number of phenols is 1. The zero-order valence-electron chi connectivity index (χ0n) is 23.2. The van der Waals surface area contributed by atoms with Gasteiger partial charge in [-0.1, -0.05) is 6.08 Å². The minimum Gasteiger partial charge on any atom is -0.508 e. The summed E-state index contributed by atoms with van der Waals surface area (Å²) in [7, 11) is 6.51. The summed E-state index contributed by atoms with van der Waals surface area (Å²) < 4.78 is 5.06. The number of benzene rings is 1. The predicted molar refractivity (Wildman–Crippen MR) is 148 cm³/mol. The smallest absolute Gasteiger partial charge is 0.411 e. The van der Waals surface area contributed by atoms with Gasteiger partial charge < -0.3 is 35.8 Å². The van der Waals surface area contributed by atoms with E-state index in [1.165, 1.54) is 25.1 Å². The Morgan fingerprint density at radius 1 is 1.22 bits per heavy atom. The van der Waals surface area contributed by atoms with Gasteiger partial charge in [-0.25, -0.2) is 4.79 Å². The lowest BCUT2D eigenvalue weighted by Crippen LogP contribution is -2.65. The van der Waals surface area contributed by atoms with Gasteiger partial charge in [0.15, 0.2) is 17.1 Å². The Labute approximate surface area is 236 Å². The first-order chi connectivity index (χ1) is 19.2. The summed E-state index contributed by atoms with van der Waals surface area (Å²) in [6, 6.07) is 0.329. The molecule has 0 spiro atoms. The van der Waals surface area contributed by atoms with Crippen LogP contribution in [0, 0.1) is 11.8 Å². The van der Waals surface area contributed by atoms with Crippen LogP contribution >= 0.6 is 0 Å². The highest BCUT2D eigenvalue weighted by atomic mass is 16.5. The topological polar surface area (TPSA) is 203 Å². The van der Waals surface area contributed by atoms with Gasteiger partial charge in [0, 0.05) is 31.3 Å².